The Kier molecular flexibility index (Phi) is 7.66. The molecule has 2 aromatic rings. The number of oxime groups is 1. The van der Waals surface area contributed by atoms with E-state index >= 15 is 0 Å². The van der Waals surface area contributed by atoms with Gasteiger partial charge in [0.2, 0.25) is 0 Å². The van der Waals surface area contributed by atoms with Gasteiger partial charge in [0.25, 0.3) is 5.60 Å². The fourth-order valence-electron chi connectivity index (χ4n) is 3.62. The smallest absolute Gasteiger partial charge is 0.435 e. The number of benzene rings is 1. The molecule has 2 unspecified atom stereocenters. The number of rotatable bonds is 2. The standard InChI is InChI=1S/C18H14Cl2F4N2OS.C2HF3O2/c19-10-4-8(5-11(20)16(10)21)17(18(22,23)24)7-13(26-27-17)15-6-9-12(25)2-1-3-14(9)28-15;3-2(4,5)1(6)7/h4-6,12H,1-3,7,25H2;(H,6,7). The number of nitrogens with zero attached hydrogens (tertiary/aromatic N) is 1. The van der Waals surface area contributed by atoms with Crippen LogP contribution in [-0.2, 0) is 21.7 Å². The van der Waals surface area contributed by atoms with E-state index in [1.807, 2.05) is 6.07 Å². The highest BCUT2D eigenvalue weighted by Crippen LogP contribution is 2.50. The number of quaternary nitrogens is 1. The number of alkyl halides is 6. The maximum absolute atomic E-state index is 14.1. The van der Waals surface area contributed by atoms with Gasteiger partial charge in [-0.15, -0.1) is 11.3 Å². The van der Waals surface area contributed by atoms with E-state index in [1.165, 1.54) is 11.3 Å². The summed E-state index contributed by atoms with van der Waals surface area (Å²) in [5.74, 6) is -3.98. The van der Waals surface area contributed by atoms with Crippen molar-refractivity contribution < 1.29 is 51.2 Å². The van der Waals surface area contributed by atoms with Crippen molar-refractivity contribution in [1.82, 2.24) is 0 Å². The third-order valence-corrected chi connectivity index (χ3v) is 7.20. The predicted molar refractivity (Wildman–Crippen MR) is 110 cm³/mol. The van der Waals surface area contributed by atoms with Crippen LogP contribution in [0.2, 0.25) is 10.0 Å². The molecule has 2 heterocycles. The fraction of sp³-hybridized carbons (Fsp3) is 0.400. The number of thiophene rings is 1. The molecule has 0 spiro atoms. The molecule has 0 amide bonds. The van der Waals surface area contributed by atoms with Gasteiger partial charge in [-0.05, 0) is 31.0 Å². The summed E-state index contributed by atoms with van der Waals surface area (Å²) in [5.41, 5.74) is 2.22. The number of carbonyl (C=O) groups excluding carboxylic acids is 1. The summed E-state index contributed by atoms with van der Waals surface area (Å²) in [6, 6.07) is 3.76. The van der Waals surface area contributed by atoms with Crippen LogP contribution in [0, 0.1) is 5.82 Å². The molecule has 0 bridgehead atoms. The molecule has 0 saturated heterocycles. The fourth-order valence-corrected chi connectivity index (χ4v) is 5.37. The summed E-state index contributed by atoms with van der Waals surface area (Å²) < 4.78 is 87.4. The van der Waals surface area contributed by atoms with Crippen molar-refractivity contribution in [3.63, 3.8) is 0 Å². The third-order valence-electron chi connectivity index (χ3n) is 5.39. The highest BCUT2D eigenvalue weighted by Gasteiger charge is 2.62. The summed E-state index contributed by atoms with van der Waals surface area (Å²) >= 11 is 12.9. The van der Waals surface area contributed by atoms with Gasteiger partial charge < -0.3 is 20.5 Å². The molecule has 35 heavy (non-hydrogen) atoms. The number of hydrogen-bond acceptors (Lipinski definition) is 5. The number of hydrogen-bond donors (Lipinski definition) is 1. The second-order valence-corrected chi connectivity index (χ2v) is 9.70. The Morgan fingerprint density at radius 2 is 1.74 bits per heavy atom. The lowest BCUT2D eigenvalue weighted by Crippen LogP contribution is -2.54. The van der Waals surface area contributed by atoms with Gasteiger partial charge in [0.1, 0.15) is 17.7 Å². The highest BCUT2D eigenvalue weighted by molar-refractivity contribution is 7.14. The molecular weight excluding hydrogens is 552 g/mol. The molecule has 192 valence electrons. The van der Waals surface area contributed by atoms with Gasteiger partial charge in [0.05, 0.1) is 21.3 Å². The van der Waals surface area contributed by atoms with Crippen molar-refractivity contribution in [2.45, 2.75) is 49.7 Å². The van der Waals surface area contributed by atoms with Gasteiger partial charge in [-0.1, -0.05) is 28.4 Å². The van der Waals surface area contributed by atoms with E-state index in [0.717, 1.165) is 41.8 Å². The van der Waals surface area contributed by atoms with Crippen molar-refractivity contribution in [3.05, 3.63) is 54.9 Å². The topological polar surface area (TPSA) is 89.4 Å². The number of carboxylic acids is 1. The molecule has 0 radical (unpaired) electrons. The molecule has 2 atom stereocenters. The van der Waals surface area contributed by atoms with Crippen molar-refractivity contribution in [1.29, 1.82) is 0 Å². The Balaban J connectivity index is 0.000000429. The number of carbonyl (C=O) groups is 1. The SMILES string of the molecule is O=C([O-])C(F)(F)F.[NH3+]C1CCCc2sc(C3=NOC(c4cc(Cl)c(F)c(Cl)c4)(C(F)(F)F)C3)cc21. The monoisotopic (exact) mass is 566 g/mol. The van der Waals surface area contributed by atoms with Gasteiger partial charge in [-0.3, -0.25) is 0 Å². The average Bonchev–Trinajstić information content (AvgIpc) is 3.37. The molecule has 0 saturated carbocycles. The van der Waals surface area contributed by atoms with Crippen molar-refractivity contribution in [2.24, 2.45) is 5.16 Å². The van der Waals surface area contributed by atoms with Gasteiger partial charge in [0.15, 0.2) is 5.82 Å². The quantitative estimate of drug-likeness (QED) is 0.422. The van der Waals surface area contributed by atoms with Crippen molar-refractivity contribution in [2.75, 3.05) is 0 Å². The minimum absolute atomic E-state index is 0.124. The van der Waals surface area contributed by atoms with E-state index in [4.69, 9.17) is 37.9 Å². The van der Waals surface area contributed by atoms with Gasteiger partial charge in [-0.2, -0.15) is 26.3 Å². The number of aryl methyl sites for hydroxylation is 1. The van der Waals surface area contributed by atoms with E-state index in [-0.39, 0.29) is 17.3 Å². The van der Waals surface area contributed by atoms with Crippen LogP contribution in [0.4, 0.5) is 30.7 Å². The van der Waals surface area contributed by atoms with Crippen molar-refractivity contribution >= 4 is 46.2 Å². The van der Waals surface area contributed by atoms with Crippen LogP contribution in [0.25, 0.3) is 0 Å². The zero-order valence-corrected chi connectivity index (χ0v) is 19.7. The zero-order valence-electron chi connectivity index (χ0n) is 17.3. The molecule has 0 fully saturated rings. The van der Waals surface area contributed by atoms with E-state index in [1.54, 1.807) is 0 Å². The lowest BCUT2D eigenvalue weighted by atomic mass is 9.87. The van der Waals surface area contributed by atoms with E-state index in [2.05, 4.69) is 10.9 Å². The molecule has 1 aliphatic heterocycles. The molecule has 5 nitrogen and oxygen atoms in total. The Labute approximate surface area is 207 Å². The normalized spacial score (nSPS) is 22.0. The van der Waals surface area contributed by atoms with Gasteiger partial charge in [-0.25, -0.2) is 4.39 Å². The second kappa shape index (κ2) is 9.75. The molecule has 3 N–H and O–H groups in total. The maximum Gasteiger partial charge on any atom is 0.435 e. The van der Waals surface area contributed by atoms with Crippen LogP contribution < -0.4 is 10.8 Å². The largest absolute Gasteiger partial charge is 0.542 e. The van der Waals surface area contributed by atoms with Crippen LogP contribution in [0.5, 0.6) is 0 Å². The molecule has 15 heteroatoms. The van der Waals surface area contributed by atoms with E-state index in [9.17, 15) is 30.7 Å². The van der Waals surface area contributed by atoms with Crippen LogP contribution in [0.1, 0.15) is 46.2 Å². The number of aliphatic carboxylic acids is 1. The maximum atomic E-state index is 14.1. The molecule has 4 rings (SSSR count). The zero-order chi connectivity index (χ0) is 26.3. The Hall–Kier alpha value is -2.09. The first-order chi connectivity index (χ1) is 16.1. The lowest BCUT2D eigenvalue weighted by molar-refractivity contribution is -0.429. The summed E-state index contributed by atoms with van der Waals surface area (Å²) in [5, 5.41) is 11.5. The first kappa shape index (κ1) is 27.5. The molecule has 1 aromatic carbocycles. The minimum Gasteiger partial charge on any atom is -0.542 e. The molecule has 2 aliphatic rings. The first-order valence-electron chi connectivity index (χ1n) is 9.78. The molecular formula is C20H15Cl2F7N2O3S. The third kappa shape index (κ3) is 5.52. The van der Waals surface area contributed by atoms with E-state index < -0.39 is 46.2 Å². The summed E-state index contributed by atoms with van der Waals surface area (Å²) in [4.78, 5) is 15.5. The van der Waals surface area contributed by atoms with Crippen molar-refractivity contribution in [3.8, 4) is 0 Å². The average molecular weight is 567 g/mol. The Morgan fingerprint density at radius 1 is 1.17 bits per heavy atom. The molecule has 1 aromatic heterocycles. The summed E-state index contributed by atoms with van der Waals surface area (Å²) in [6.07, 6.45) is -7.72. The summed E-state index contributed by atoms with van der Waals surface area (Å²) in [6.45, 7) is 0. The number of halogens is 9. The van der Waals surface area contributed by atoms with Gasteiger partial charge in [0, 0.05) is 22.4 Å². The number of fused-ring (bicyclic) bond motifs is 1. The van der Waals surface area contributed by atoms with Crippen LogP contribution in [0.3, 0.4) is 0 Å². The van der Waals surface area contributed by atoms with Gasteiger partial charge >= 0.3 is 12.4 Å². The van der Waals surface area contributed by atoms with E-state index in [0.29, 0.717) is 4.88 Å². The minimum atomic E-state index is -5.19. The lowest BCUT2D eigenvalue weighted by Gasteiger charge is -2.29. The molecule has 1 aliphatic carbocycles. The second-order valence-electron chi connectivity index (χ2n) is 7.75. The Bertz CT molecular complexity index is 1140. The van der Waals surface area contributed by atoms with Crippen LogP contribution in [0.15, 0.2) is 23.4 Å². The first-order valence-corrected chi connectivity index (χ1v) is 11.3. The summed E-state index contributed by atoms with van der Waals surface area (Å²) in [7, 11) is 0. The predicted octanol–water partition coefficient (Wildman–Crippen LogP) is 4.69. The number of carboxylic acid groups (broad SMARTS) is 1. The Morgan fingerprint density at radius 3 is 2.23 bits per heavy atom. The van der Waals surface area contributed by atoms with Crippen LogP contribution in [-0.4, -0.2) is 24.0 Å². The van der Waals surface area contributed by atoms with Crippen LogP contribution >= 0.6 is 34.5 Å². The highest BCUT2D eigenvalue weighted by atomic mass is 35.5.